The fourth-order valence-electron chi connectivity index (χ4n) is 5.38. The van der Waals surface area contributed by atoms with Gasteiger partial charge in [0.15, 0.2) is 5.76 Å². The highest BCUT2D eigenvalue weighted by atomic mass is 32.2. The Balaban J connectivity index is 1.51. The van der Waals surface area contributed by atoms with Crippen LogP contribution in [0.2, 0.25) is 0 Å². The lowest BCUT2D eigenvalue weighted by molar-refractivity contribution is 0.0243. The van der Waals surface area contributed by atoms with Crippen LogP contribution in [0.25, 0.3) is 33.3 Å². The van der Waals surface area contributed by atoms with Gasteiger partial charge in [-0.05, 0) is 76.1 Å². The maximum atomic E-state index is 13.7. The number of hydrogen-bond acceptors (Lipinski definition) is 7. The summed E-state index contributed by atoms with van der Waals surface area (Å²) >= 11 is 0. The summed E-state index contributed by atoms with van der Waals surface area (Å²) in [5, 5.41) is 0.920. The van der Waals surface area contributed by atoms with Gasteiger partial charge in [-0.25, -0.2) is 18.1 Å². The van der Waals surface area contributed by atoms with Crippen molar-refractivity contribution >= 4 is 37.8 Å². The first-order valence-electron chi connectivity index (χ1n) is 13.5. The number of benzene rings is 2. The summed E-state index contributed by atoms with van der Waals surface area (Å²) in [6.07, 6.45) is 2.78. The number of furan rings is 1. The van der Waals surface area contributed by atoms with E-state index in [2.05, 4.69) is 4.72 Å². The number of carbonyl (C=O) groups excluding carboxylic acids is 1. The predicted octanol–water partition coefficient (Wildman–Crippen LogP) is 5.68. The average Bonchev–Trinajstić information content (AvgIpc) is 3.75. The van der Waals surface area contributed by atoms with Crippen molar-refractivity contribution in [3.63, 3.8) is 0 Å². The predicted molar refractivity (Wildman–Crippen MR) is 149 cm³/mol. The number of sulfonamides is 1. The van der Waals surface area contributed by atoms with E-state index >= 15 is 0 Å². The smallest absolute Gasteiger partial charge is 0.265 e. The van der Waals surface area contributed by atoms with Crippen molar-refractivity contribution in [2.45, 2.75) is 57.8 Å². The molecule has 1 atom stereocenters. The zero-order chi connectivity index (χ0) is 27.3. The van der Waals surface area contributed by atoms with Gasteiger partial charge >= 0.3 is 0 Å². The molecular weight excluding hydrogens is 516 g/mol. The number of pyridine rings is 1. The molecule has 1 aliphatic carbocycles. The fraction of sp³-hybridized carbons (Fsp3) is 0.400. The van der Waals surface area contributed by atoms with Crippen molar-refractivity contribution in [1.82, 2.24) is 9.71 Å². The Bertz CT molecular complexity index is 1680. The second-order valence-corrected chi connectivity index (χ2v) is 12.6. The molecule has 1 N–H and O–H groups in total. The third-order valence-corrected chi connectivity index (χ3v) is 9.70. The van der Waals surface area contributed by atoms with E-state index in [1.807, 2.05) is 57.2 Å². The minimum Gasteiger partial charge on any atom is -0.490 e. The minimum atomic E-state index is -3.77. The molecule has 0 radical (unpaired) electrons. The Hall–Kier alpha value is -3.43. The molecule has 1 saturated heterocycles. The number of carbonyl (C=O) groups is 1. The van der Waals surface area contributed by atoms with Gasteiger partial charge in [-0.3, -0.25) is 4.79 Å². The quantitative estimate of drug-likeness (QED) is 0.317. The molecule has 2 fully saturated rings. The largest absolute Gasteiger partial charge is 0.490 e. The van der Waals surface area contributed by atoms with Crippen LogP contribution in [0.15, 0.2) is 46.9 Å². The Labute approximate surface area is 227 Å². The summed E-state index contributed by atoms with van der Waals surface area (Å²) < 4.78 is 46.0. The first kappa shape index (κ1) is 25.8. The van der Waals surface area contributed by atoms with Crippen LogP contribution in [0.3, 0.4) is 0 Å². The Morgan fingerprint density at radius 3 is 2.54 bits per heavy atom. The van der Waals surface area contributed by atoms with Crippen LogP contribution in [0, 0.1) is 19.8 Å². The molecule has 1 saturated carbocycles. The summed E-state index contributed by atoms with van der Waals surface area (Å²) in [4.78, 5) is 18.6. The third kappa shape index (κ3) is 4.89. The van der Waals surface area contributed by atoms with Crippen LogP contribution in [0.5, 0.6) is 5.75 Å². The number of para-hydroxylation sites is 1. The van der Waals surface area contributed by atoms with Gasteiger partial charge in [-0.2, -0.15) is 0 Å². The van der Waals surface area contributed by atoms with E-state index in [4.69, 9.17) is 18.9 Å². The summed E-state index contributed by atoms with van der Waals surface area (Å²) in [6.45, 7) is 7.28. The minimum absolute atomic E-state index is 0.122. The van der Waals surface area contributed by atoms with E-state index < -0.39 is 21.2 Å². The van der Waals surface area contributed by atoms with Gasteiger partial charge in [-0.1, -0.05) is 24.3 Å². The van der Waals surface area contributed by atoms with Gasteiger partial charge in [0.2, 0.25) is 10.0 Å². The number of ether oxygens (including phenoxy) is 2. The summed E-state index contributed by atoms with van der Waals surface area (Å²) in [5.41, 5.74) is 3.67. The van der Waals surface area contributed by atoms with E-state index in [-0.39, 0.29) is 11.7 Å². The lowest BCUT2D eigenvalue weighted by Gasteiger charge is -2.29. The fourth-order valence-corrected chi connectivity index (χ4v) is 6.67. The number of fused-ring (bicyclic) bond motifs is 2. The molecule has 9 heteroatoms. The van der Waals surface area contributed by atoms with E-state index in [0.29, 0.717) is 65.7 Å². The highest BCUT2D eigenvalue weighted by Crippen LogP contribution is 2.38. The number of aryl methyl sites for hydroxylation is 2. The van der Waals surface area contributed by atoms with Crippen LogP contribution in [-0.2, 0) is 14.8 Å². The number of hydrogen-bond donors (Lipinski definition) is 1. The highest BCUT2D eigenvalue weighted by molar-refractivity contribution is 7.91. The average molecular weight is 549 g/mol. The Morgan fingerprint density at radius 1 is 1.08 bits per heavy atom. The number of nitrogens with one attached hydrogen (secondary N) is 1. The summed E-state index contributed by atoms with van der Waals surface area (Å²) in [7, 11) is -3.77. The normalized spacial score (nSPS) is 17.4. The molecule has 4 aromatic rings. The Morgan fingerprint density at radius 2 is 1.82 bits per heavy atom. The van der Waals surface area contributed by atoms with E-state index in [1.54, 1.807) is 6.07 Å². The standard InChI is InChI=1S/C30H32N2O6S/c1-17-8-11-26(37-19(3)20-12-14-36-15-13-20)27-23(30(33)32-39(34,35)21-9-10-21)16-24(31-28(17)27)29-18(2)22-6-4-5-7-25(22)38-29/h4-8,11,16,19-21H,9-10,12-15H2,1-3H3,(H,32,33)/t19-/m1/s1. The molecule has 0 bridgehead atoms. The first-order valence-corrected chi connectivity index (χ1v) is 15.0. The third-order valence-electron chi connectivity index (χ3n) is 7.89. The second kappa shape index (κ2) is 9.95. The number of nitrogens with zero attached hydrogens (tertiary/aromatic N) is 1. The molecule has 2 aromatic heterocycles. The molecule has 3 heterocycles. The molecule has 0 unspecified atom stereocenters. The monoisotopic (exact) mass is 548 g/mol. The van der Waals surface area contributed by atoms with Gasteiger partial charge in [-0.15, -0.1) is 0 Å². The maximum absolute atomic E-state index is 13.7. The summed E-state index contributed by atoms with van der Waals surface area (Å²) in [6, 6.07) is 13.1. The Kier molecular flexibility index (Phi) is 6.59. The van der Waals surface area contributed by atoms with Gasteiger partial charge in [0.05, 0.1) is 27.8 Å². The van der Waals surface area contributed by atoms with E-state index in [0.717, 1.165) is 29.4 Å². The molecule has 2 aliphatic rings. The molecule has 204 valence electrons. The molecule has 2 aromatic carbocycles. The molecular formula is C30H32N2O6S. The van der Waals surface area contributed by atoms with Gasteiger partial charge in [0, 0.05) is 24.2 Å². The molecule has 0 spiro atoms. The van der Waals surface area contributed by atoms with E-state index in [1.165, 1.54) is 0 Å². The number of rotatable bonds is 7. The lowest BCUT2D eigenvalue weighted by Crippen LogP contribution is -2.33. The molecule has 39 heavy (non-hydrogen) atoms. The van der Waals surface area contributed by atoms with Crippen LogP contribution in [-0.4, -0.2) is 43.9 Å². The number of amides is 1. The molecule has 8 nitrogen and oxygen atoms in total. The molecule has 6 rings (SSSR count). The van der Waals surface area contributed by atoms with Crippen molar-refractivity contribution in [1.29, 1.82) is 0 Å². The highest BCUT2D eigenvalue weighted by Gasteiger charge is 2.37. The van der Waals surface area contributed by atoms with Crippen LogP contribution in [0.4, 0.5) is 0 Å². The van der Waals surface area contributed by atoms with Crippen LogP contribution >= 0.6 is 0 Å². The van der Waals surface area contributed by atoms with E-state index in [9.17, 15) is 13.2 Å². The van der Waals surface area contributed by atoms with Crippen LogP contribution in [0.1, 0.15) is 54.1 Å². The zero-order valence-electron chi connectivity index (χ0n) is 22.3. The van der Waals surface area contributed by atoms with Gasteiger partial charge in [0.25, 0.3) is 5.91 Å². The van der Waals surface area contributed by atoms with Gasteiger partial charge in [0.1, 0.15) is 17.0 Å². The van der Waals surface area contributed by atoms with Crippen molar-refractivity contribution in [3.8, 4) is 17.2 Å². The topological polar surface area (TPSA) is 108 Å². The SMILES string of the molecule is Cc1c(-c2cc(C(=O)NS(=O)(=O)C3CC3)c3c(O[C@H](C)C4CCOCC4)ccc(C)c3n2)oc2ccccc12. The van der Waals surface area contributed by atoms with Crippen molar-refractivity contribution in [2.24, 2.45) is 5.92 Å². The van der Waals surface area contributed by atoms with Crippen LogP contribution < -0.4 is 9.46 Å². The van der Waals surface area contributed by atoms with Crippen molar-refractivity contribution < 1.29 is 27.1 Å². The van der Waals surface area contributed by atoms with Crippen molar-refractivity contribution in [2.75, 3.05) is 13.2 Å². The lowest BCUT2D eigenvalue weighted by atomic mass is 9.94. The zero-order valence-corrected chi connectivity index (χ0v) is 23.1. The summed E-state index contributed by atoms with van der Waals surface area (Å²) in [5.74, 6) is 0.661. The number of aromatic nitrogens is 1. The molecule has 1 aliphatic heterocycles. The molecule has 1 amide bonds. The maximum Gasteiger partial charge on any atom is 0.265 e. The first-order chi connectivity index (χ1) is 18.7. The van der Waals surface area contributed by atoms with Gasteiger partial charge < -0.3 is 13.9 Å². The van der Waals surface area contributed by atoms with Crippen molar-refractivity contribution in [3.05, 3.63) is 59.2 Å². The second-order valence-electron chi connectivity index (χ2n) is 10.7.